The van der Waals surface area contributed by atoms with Crippen LogP contribution in [0.25, 0.3) is 0 Å². The van der Waals surface area contributed by atoms with E-state index in [0.29, 0.717) is 5.69 Å². The second-order valence-electron chi connectivity index (χ2n) is 3.96. The summed E-state index contributed by atoms with van der Waals surface area (Å²) in [5.41, 5.74) is 8.99. The molecule has 0 spiro atoms. The number of pyridine rings is 1. The van der Waals surface area contributed by atoms with Gasteiger partial charge in [0.25, 0.3) is 0 Å². The van der Waals surface area contributed by atoms with Crippen molar-refractivity contribution >= 4 is 11.4 Å². The Hall–Kier alpha value is -2.54. The highest BCUT2D eigenvalue weighted by atomic mass is 14.9. The zero-order valence-corrected chi connectivity index (χ0v) is 9.93. The second kappa shape index (κ2) is 5.69. The van der Waals surface area contributed by atoms with Gasteiger partial charge in [0, 0.05) is 12.2 Å². The molecular weight excluding hydrogens is 224 g/mol. The lowest BCUT2D eigenvalue weighted by Crippen LogP contribution is -2.05. The van der Waals surface area contributed by atoms with E-state index in [-0.39, 0.29) is 0 Å². The van der Waals surface area contributed by atoms with E-state index in [1.165, 1.54) is 5.56 Å². The van der Waals surface area contributed by atoms with Crippen molar-refractivity contribution in [3.63, 3.8) is 0 Å². The smallest absolute Gasteiger partial charge is 0.140 e. The van der Waals surface area contributed by atoms with Crippen LogP contribution < -0.4 is 11.1 Å². The van der Waals surface area contributed by atoms with Gasteiger partial charge in [0.1, 0.15) is 11.8 Å². The van der Waals surface area contributed by atoms with Crippen LogP contribution in [-0.2, 0) is 6.42 Å². The molecule has 2 aromatic rings. The van der Waals surface area contributed by atoms with E-state index in [0.717, 1.165) is 24.3 Å². The molecule has 0 radical (unpaired) electrons. The number of hydrogen-bond acceptors (Lipinski definition) is 4. The van der Waals surface area contributed by atoms with Crippen LogP contribution in [0.4, 0.5) is 11.4 Å². The predicted octanol–water partition coefficient (Wildman–Crippen LogP) is 2.19. The molecule has 90 valence electrons. The number of nitrogens with two attached hydrogens (primary N) is 1. The molecule has 0 bridgehead atoms. The van der Waals surface area contributed by atoms with Crippen LogP contribution in [0, 0.1) is 11.3 Å². The fourth-order valence-corrected chi connectivity index (χ4v) is 1.60. The van der Waals surface area contributed by atoms with Crippen molar-refractivity contribution in [2.24, 2.45) is 0 Å². The first-order valence-electron chi connectivity index (χ1n) is 5.72. The molecule has 0 aliphatic heterocycles. The summed E-state index contributed by atoms with van der Waals surface area (Å²) in [6, 6.07) is 13.4. The molecule has 18 heavy (non-hydrogen) atoms. The van der Waals surface area contributed by atoms with Gasteiger partial charge >= 0.3 is 0 Å². The Morgan fingerprint density at radius 2 is 1.94 bits per heavy atom. The Kier molecular flexibility index (Phi) is 3.77. The Labute approximate surface area is 106 Å². The average Bonchev–Trinajstić information content (AvgIpc) is 2.42. The molecule has 2 rings (SSSR count). The third-order valence-corrected chi connectivity index (χ3v) is 2.60. The lowest BCUT2D eigenvalue weighted by molar-refractivity contribution is 1.02. The average molecular weight is 238 g/mol. The first-order chi connectivity index (χ1) is 8.78. The summed E-state index contributed by atoms with van der Waals surface area (Å²) >= 11 is 0. The van der Waals surface area contributed by atoms with Crippen LogP contribution in [0.1, 0.15) is 11.3 Å². The molecule has 0 unspecified atom stereocenters. The van der Waals surface area contributed by atoms with E-state index in [2.05, 4.69) is 10.3 Å². The Morgan fingerprint density at radius 3 is 2.56 bits per heavy atom. The molecule has 1 aromatic carbocycles. The van der Waals surface area contributed by atoms with Crippen LogP contribution in [0.2, 0.25) is 0 Å². The van der Waals surface area contributed by atoms with Gasteiger partial charge in [0.2, 0.25) is 0 Å². The minimum atomic E-state index is 0.430. The fourth-order valence-electron chi connectivity index (χ4n) is 1.60. The third kappa shape index (κ3) is 3.22. The number of nitrogens with zero attached hydrogens (tertiary/aromatic N) is 2. The highest BCUT2D eigenvalue weighted by Crippen LogP contribution is 2.08. The summed E-state index contributed by atoms with van der Waals surface area (Å²) in [5, 5.41) is 11.9. The predicted molar refractivity (Wildman–Crippen MR) is 72.0 cm³/mol. The summed E-state index contributed by atoms with van der Waals surface area (Å²) in [6.45, 7) is 0.817. The molecule has 4 nitrogen and oxygen atoms in total. The molecule has 0 fully saturated rings. The quantitative estimate of drug-likeness (QED) is 0.801. The minimum Gasteiger partial charge on any atom is -0.399 e. The Balaban J connectivity index is 1.84. The van der Waals surface area contributed by atoms with Crippen molar-refractivity contribution in [3.05, 3.63) is 53.9 Å². The summed E-state index contributed by atoms with van der Waals surface area (Å²) in [5.74, 6) is 0. The van der Waals surface area contributed by atoms with Crippen molar-refractivity contribution in [3.8, 4) is 6.07 Å². The highest BCUT2D eigenvalue weighted by molar-refractivity contribution is 5.43. The van der Waals surface area contributed by atoms with Gasteiger partial charge in [-0.2, -0.15) is 5.26 Å². The van der Waals surface area contributed by atoms with Crippen LogP contribution in [-0.4, -0.2) is 11.5 Å². The monoisotopic (exact) mass is 238 g/mol. The largest absolute Gasteiger partial charge is 0.399 e. The molecule has 4 heteroatoms. The summed E-state index contributed by atoms with van der Waals surface area (Å²) in [4.78, 5) is 3.99. The Morgan fingerprint density at radius 1 is 1.17 bits per heavy atom. The van der Waals surface area contributed by atoms with Gasteiger partial charge in [-0.1, -0.05) is 12.1 Å². The molecule has 1 aromatic heterocycles. The SMILES string of the molecule is N#Cc1ccc(NCCc2ccc(N)cc2)cn1. The third-order valence-electron chi connectivity index (χ3n) is 2.60. The van der Waals surface area contributed by atoms with Crippen molar-refractivity contribution in [1.82, 2.24) is 4.98 Å². The van der Waals surface area contributed by atoms with Crippen LogP contribution in [0.3, 0.4) is 0 Å². The zero-order valence-electron chi connectivity index (χ0n) is 9.93. The number of rotatable bonds is 4. The van der Waals surface area contributed by atoms with E-state index in [1.807, 2.05) is 36.4 Å². The molecule has 0 saturated carbocycles. The molecule has 0 amide bonds. The second-order valence-corrected chi connectivity index (χ2v) is 3.96. The van der Waals surface area contributed by atoms with Gasteiger partial charge in [0.15, 0.2) is 0 Å². The number of benzene rings is 1. The van der Waals surface area contributed by atoms with E-state index >= 15 is 0 Å². The molecule has 0 aliphatic rings. The molecule has 0 atom stereocenters. The Bertz CT molecular complexity index is 538. The van der Waals surface area contributed by atoms with E-state index < -0.39 is 0 Å². The number of anilines is 2. The van der Waals surface area contributed by atoms with E-state index in [9.17, 15) is 0 Å². The van der Waals surface area contributed by atoms with Crippen molar-refractivity contribution in [2.75, 3.05) is 17.6 Å². The van der Waals surface area contributed by atoms with E-state index in [4.69, 9.17) is 11.0 Å². The molecule has 0 aliphatic carbocycles. The molecule has 1 heterocycles. The summed E-state index contributed by atoms with van der Waals surface area (Å²) in [7, 11) is 0. The fraction of sp³-hybridized carbons (Fsp3) is 0.143. The number of nitrogen functional groups attached to an aromatic ring is 1. The first kappa shape index (κ1) is 11.9. The summed E-state index contributed by atoms with van der Waals surface area (Å²) in [6.07, 6.45) is 2.59. The van der Waals surface area contributed by atoms with Crippen LogP contribution >= 0.6 is 0 Å². The van der Waals surface area contributed by atoms with Gasteiger partial charge in [-0.15, -0.1) is 0 Å². The maximum absolute atomic E-state index is 8.63. The zero-order chi connectivity index (χ0) is 12.8. The number of hydrogen-bond donors (Lipinski definition) is 2. The lowest BCUT2D eigenvalue weighted by atomic mass is 10.1. The first-order valence-corrected chi connectivity index (χ1v) is 5.72. The number of nitriles is 1. The van der Waals surface area contributed by atoms with Gasteiger partial charge in [0.05, 0.1) is 11.9 Å². The maximum atomic E-state index is 8.63. The van der Waals surface area contributed by atoms with Crippen molar-refractivity contribution in [1.29, 1.82) is 5.26 Å². The van der Waals surface area contributed by atoms with Crippen molar-refractivity contribution < 1.29 is 0 Å². The topological polar surface area (TPSA) is 74.7 Å². The molecule has 3 N–H and O–H groups in total. The summed E-state index contributed by atoms with van der Waals surface area (Å²) < 4.78 is 0. The number of nitrogens with one attached hydrogen (secondary N) is 1. The van der Waals surface area contributed by atoms with Gasteiger partial charge in [-0.05, 0) is 36.2 Å². The van der Waals surface area contributed by atoms with Gasteiger partial charge < -0.3 is 11.1 Å². The molecule has 0 saturated heterocycles. The van der Waals surface area contributed by atoms with Crippen molar-refractivity contribution in [2.45, 2.75) is 6.42 Å². The van der Waals surface area contributed by atoms with Crippen LogP contribution in [0.5, 0.6) is 0 Å². The van der Waals surface area contributed by atoms with Crippen LogP contribution in [0.15, 0.2) is 42.6 Å². The van der Waals surface area contributed by atoms with Gasteiger partial charge in [-0.25, -0.2) is 4.98 Å². The normalized spacial score (nSPS) is 9.72. The standard InChI is InChI=1S/C14H14N4/c15-9-13-5-6-14(10-18-13)17-8-7-11-1-3-12(16)4-2-11/h1-6,10,17H,7-8,16H2. The maximum Gasteiger partial charge on any atom is 0.140 e. The van der Waals surface area contributed by atoms with Gasteiger partial charge in [-0.3, -0.25) is 0 Å². The molecular formula is C14H14N4. The minimum absolute atomic E-state index is 0.430. The highest BCUT2D eigenvalue weighted by Gasteiger charge is 1.96. The van der Waals surface area contributed by atoms with E-state index in [1.54, 1.807) is 12.3 Å². The lowest BCUT2D eigenvalue weighted by Gasteiger charge is -2.06. The number of aromatic nitrogens is 1.